The molecule has 26 heavy (non-hydrogen) atoms. The Labute approximate surface area is 150 Å². The van der Waals surface area contributed by atoms with Crippen molar-refractivity contribution in [2.75, 3.05) is 18.4 Å². The molecule has 0 atom stereocenters. The average Bonchev–Trinajstić information content (AvgIpc) is 2.68. The lowest BCUT2D eigenvalue weighted by molar-refractivity contribution is 0.0720. The number of pyridine rings is 2. The number of carbonyl (C=O) groups is 1. The number of H-pyrrole nitrogens is 1. The van der Waals surface area contributed by atoms with Crippen molar-refractivity contribution in [2.24, 2.45) is 0 Å². The highest BCUT2D eigenvalue weighted by molar-refractivity contribution is 6.05. The third kappa shape index (κ3) is 3.31. The summed E-state index contributed by atoms with van der Waals surface area (Å²) in [7, 11) is 0. The summed E-state index contributed by atoms with van der Waals surface area (Å²) in [5, 5.41) is 4.25. The van der Waals surface area contributed by atoms with Gasteiger partial charge in [-0.2, -0.15) is 0 Å². The highest BCUT2D eigenvalue weighted by atomic mass is 16.2. The van der Waals surface area contributed by atoms with Crippen LogP contribution < -0.4 is 10.9 Å². The molecule has 2 aromatic heterocycles. The molecule has 4 rings (SSSR count). The van der Waals surface area contributed by atoms with Gasteiger partial charge in [-0.05, 0) is 31.0 Å². The summed E-state index contributed by atoms with van der Waals surface area (Å²) < 4.78 is 0. The van der Waals surface area contributed by atoms with Crippen LogP contribution in [0.4, 0.5) is 5.69 Å². The molecule has 0 aliphatic carbocycles. The minimum absolute atomic E-state index is 0.0767. The van der Waals surface area contributed by atoms with Crippen LogP contribution in [0.2, 0.25) is 0 Å². The Kier molecular flexibility index (Phi) is 4.39. The van der Waals surface area contributed by atoms with Gasteiger partial charge in [-0.3, -0.25) is 14.6 Å². The molecule has 0 bridgehead atoms. The van der Waals surface area contributed by atoms with Crippen LogP contribution in [0.15, 0.2) is 59.7 Å². The molecule has 2 N–H and O–H groups in total. The van der Waals surface area contributed by atoms with Crippen molar-refractivity contribution in [3.05, 3.63) is 70.8 Å². The van der Waals surface area contributed by atoms with Crippen LogP contribution in [-0.4, -0.2) is 39.9 Å². The number of nitrogens with one attached hydrogen (secondary N) is 2. The molecule has 1 amide bonds. The van der Waals surface area contributed by atoms with Gasteiger partial charge in [-0.15, -0.1) is 0 Å². The van der Waals surface area contributed by atoms with E-state index >= 15 is 0 Å². The predicted molar refractivity (Wildman–Crippen MR) is 101 cm³/mol. The number of rotatable bonds is 3. The maximum absolute atomic E-state index is 13.0. The standard InChI is InChI=1S/C20H20N4O2/c25-19-12-17(16-5-1-2-6-18(16)23-19)20(26)24-10-7-14(8-11-24)22-15-4-3-9-21-13-15/h1-6,9,12-14,22H,7-8,10-11H2,(H,23,25). The van der Waals surface area contributed by atoms with E-state index in [0.717, 1.165) is 23.9 Å². The Morgan fingerprint density at radius 1 is 1.15 bits per heavy atom. The number of piperidine rings is 1. The zero-order chi connectivity index (χ0) is 17.9. The molecule has 132 valence electrons. The van der Waals surface area contributed by atoms with Gasteiger partial charge in [-0.1, -0.05) is 18.2 Å². The van der Waals surface area contributed by atoms with Crippen molar-refractivity contribution < 1.29 is 4.79 Å². The average molecular weight is 348 g/mol. The molecule has 3 heterocycles. The number of fused-ring (bicyclic) bond motifs is 1. The van der Waals surface area contributed by atoms with Crippen molar-refractivity contribution in [2.45, 2.75) is 18.9 Å². The second-order valence-electron chi connectivity index (χ2n) is 6.55. The number of anilines is 1. The number of carbonyl (C=O) groups excluding carboxylic acids is 1. The summed E-state index contributed by atoms with van der Waals surface area (Å²) in [4.78, 5) is 33.6. The lowest BCUT2D eigenvalue weighted by atomic mass is 10.0. The maximum Gasteiger partial charge on any atom is 0.254 e. The molecule has 1 aromatic carbocycles. The number of benzene rings is 1. The molecule has 3 aromatic rings. The molecule has 0 spiro atoms. The Morgan fingerprint density at radius 2 is 1.96 bits per heavy atom. The van der Waals surface area contributed by atoms with Gasteiger partial charge in [0.1, 0.15) is 0 Å². The largest absolute Gasteiger partial charge is 0.381 e. The molecular formula is C20H20N4O2. The topological polar surface area (TPSA) is 78.1 Å². The quantitative estimate of drug-likeness (QED) is 0.763. The third-order valence-corrected chi connectivity index (χ3v) is 4.80. The fourth-order valence-electron chi connectivity index (χ4n) is 3.46. The van der Waals surface area contributed by atoms with E-state index in [2.05, 4.69) is 15.3 Å². The SMILES string of the molecule is O=C(c1cc(=O)[nH]c2ccccc12)N1CCC(Nc2cccnc2)CC1. The van der Waals surface area contributed by atoms with Gasteiger partial charge in [0.05, 0.1) is 11.3 Å². The molecule has 6 nitrogen and oxygen atoms in total. The van der Waals surface area contributed by atoms with Gasteiger partial charge < -0.3 is 15.2 Å². The van der Waals surface area contributed by atoms with E-state index in [-0.39, 0.29) is 11.5 Å². The monoisotopic (exact) mass is 348 g/mol. The molecule has 1 aliphatic rings. The number of aromatic amines is 1. The Balaban J connectivity index is 1.48. The van der Waals surface area contributed by atoms with Crippen molar-refractivity contribution >= 4 is 22.5 Å². The molecular weight excluding hydrogens is 328 g/mol. The van der Waals surface area contributed by atoms with E-state index in [1.165, 1.54) is 6.07 Å². The lowest BCUT2D eigenvalue weighted by Crippen LogP contribution is -2.42. The Hall–Kier alpha value is -3.15. The van der Waals surface area contributed by atoms with Gasteiger partial charge in [0.2, 0.25) is 5.56 Å². The van der Waals surface area contributed by atoms with Crippen LogP contribution in [0.3, 0.4) is 0 Å². The first kappa shape index (κ1) is 16.3. The summed E-state index contributed by atoms with van der Waals surface area (Å²) in [5.41, 5.74) is 1.91. The van der Waals surface area contributed by atoms with E-state index in [9.17, 15) is 9.59 Å². The normalized spacial score (nSPS) is 15.2. The first-order valence-corrected chi connectivity index (χ1v) is 8.78. The number of hydrogen-bond donors (Lipinski definition) is 2. The van der Waals surface area contributed by atoms with E-state index in [1.54, 1.807) is 12.4 Å². The first-order valence-electron chi connectivity index (χ1n) is 8.78. The summed E-state index contributed by atoms with van der Waals surface area (Å²) in [5.74, 6) is -0.0767. The summed E-state index contributed by atoms with van der Waals surface area (Å²) in [6, 6.07) is 13.0. The van der Waals surface area contributed by atoms with E-state index in [0.29, 0.717) is 30.2 Å². The number of hydrogen-bond acceptors (Lipinski definition) is 4. The number of para-hydroxylation sites is 1. The Bertz CT molecular complexity index is 976. The minimum atomic E-state index is -0.250. The second-order valence-corrected chi connectivity index (χ2v) is 6.55. The highest BCUT2D eigenvalue weighted by Gasteiger charge is 2.25. The van der Waals surface area contributed by atoms with E-state index in [1.807, 2.05) is 41.3 Å². The molecule has 1 fully saturated rings. The molecule has 6 heteroatoms. The molecule has 1 aliphatic heterocycles. The van der Waals surface area contributed by atoms with Gasteiger partial charge in [0.25, 0.3) is 5.91 Å². The van der Waals surface area contributed by atoms with Crippen LogP contribution in [0.1, 0.15) is 23.2 Å². The van der Waals surface area contributed by atoms with E-state index in [4.69, 9.17) is 0 Å². The predicted octanol–water partition coefficient (Wildman–Crippen LogP) is 2.64. The molecule has 1 saturated heterocycles. The fraction of sp³-hybridized carbons (Fsp3) is 0.250. The smallest absolute Gasteiger partial charge is 0.254 e. The van der Waals surface area contributed by atoms with Crippen LogP contribution >= 0.6 is 0 Å². The van der Waals surface area contributed by atoms with Crippen molar-refractivity contribution in [1.82, 2.24) is 14.9 Å². The van der Waals surface area contributed by atoms with Gasteiger partial charge in [0.15, 0.2) is 0 Å². The molecule has 0 saturated carbocycles. The van der Waals surface area contributed by atoms with E-state index < -0.39 is 0 Å². The number of amides is 1. The zero-order valence-electron chi connectivity index (χ0n) is 14.3. The van der Waals surface area contributed by atoms with Crippen molar-refractivity contribution in [1.29, 1.82) is 0 Å². The molecule has 0 unspecified atom stereocenters. The number of likely N-dealkylation sites (tertiary alicyclic amines) is 1. The van der Waals surface area contributed by atoms with Crippen molar-refractivity contribution in [3.63, 3.8) is 0 Å². The summed E-state index contributed by atoms with van der Waals surface area (Å²) >= 11 is 0. The summed E-state index contributed by atoms with van der Waals surface area (Å²) in [6.07, 6.45) is 5.28. The zero-order valence-corrected chi connectivity index (χ0v) is 14.3. The Morgan fingerprint density at radius 3 is 2.73 bits per heavy atom. The third-order valence-electron chi connectivity index (χ3n) is 4.80. The number of aromatic nitrogens is 2. The highest BCUT2D eigenvalue weighted by Crippen LogP contribution is 2.21. The van der Waals surface area contributed by atoms with Crippen LogP contribution in [-0.2, 0) is 0 Å². The molecule has 0 radical (unpaired) electrons. The fourth-order valence-corrected chi connectivity index (χ4v) is 3.46. The van der Waals surface area contributed by atoms with Gasteiger partial charge in [0, 0.05) is 48.5 Å². The van der Waals surface area contributed by atoms with Crippen LogP contribution in [0.5, 0.6) is 0 Å². The number of nitrogens with zero attached hydrogens (tertiary/aromatic N) is 2. The summed E-state index contributed by atoms with van der Waals surface area (Å²) in [6.45, 7) is 1.33. The second kappa shape index (κ2) is 7.00. The first-order chi connectivity index (χ1) is 12.7. The minimum Gasteiger partial charge on any atom is -0.381 e. The van der Waals surface area contributed by atoms with Gasteiger partial charge >= 0.3 is 0 Å². The van der Waals surface area contributed by atoms with Crippen LogP contribution in [0.25, 0.3) is 10.9 Å². The lowest BCUT2D eigenvalue weighted by Gasteiger charge is -2.33. The van der Waals surface area contributed by atoms with Crippen molar-refractivity contribution in [3.8, 4) is 0 Å². The maximum atomic E-state index is 13.0. The van der Waals surface area contributed by atoms with Crippen LogP contribution in [0, 0.1) is 0 Å². The van der Waals surface area contributed by atoms with Gasteiger partial charge in [-0.25, -0.2) is 0 Å².